The number of hydrogen-bond donors (Lipinski definition) is 2. The highest BCUT2D eigenvalue weighted by Gasteiger charge is 2.50. The van der Waals surface area contributed by atoms with Crippen molar-refractivity contribution in [1.82, 2.24) is 10.6 Å². The van der Waals surface area contributed by atoms with Crippen molar-refractivity contribution in [1.29, 1.82) is 0 Å². The van der Waals surface area contributed by atoms with Crippen LogP contribution < -0.4 is 10.6 Å². The number of benzene rings is 1. The fourth-order valence-corrected chi connectivity index (χ4v) is 2.35. The first kappa shape index (κ1) is 16.3. The molecule has 0 atom stereocenters. The van der Waals surface area contributed by atoms with Gasteiger partial charge in [-0.1, -0.05) is 30.3 Å². The van der Waals surface area contributed by atoms with Crippen LogP contribution in [0.3, 0.4) is 0 Å². The van der Waals surface area contributed by atoms with Crippen LogP contribution in [0.4, 0.5) is 4.79 Å². The number of alkyl carbamates (subject to hydrolysis) is 1. The van der Waals surface area contributed by atoms with Gasteiger partial charge in [-0.05, 0) is 39.2 Å². The van der Waals surface area contributed by atoms with Gasteiger partial charge in [-0.2, -0.15) is 0 Å². The first-order chi connectivity index (χ1) is 10.3. The molecule has 0 heterocycles. The predicted molar refractivity (Wildman–Crippen MR) is 84.6 cm³/mol. The van der Waals surface area contributed by atoms with Gasteiger partial charge in [0.2, 0.25) is 5.91 Å². The lowest BCUT2D eigenvalue weighted by Crippen LogP contribution is -2.41. The van der Waals surface area contributed by atoms with Gasteiger partial charge in [0, 0.05) is 13.1 Å². The van der Waals surface area contributed by atoms with Crippen LogP contribution in [0.1, 0.15) is 39.2 Å². The molecule has 1 aromatic rings. The summed E-state index contributed by atoms with van der Waals surface area (Å²) in [5, 5.41) is 5.52. The van der Waals surface area contributed by atoms with Gasteiger partial charge in [0.05, 0.1) is 5.41 Å². The molecule has 1 fully saturated rings. The number of hydrogen-bond acceptors (Lipinski definition) is 3. The highest BCUT2D eigenvalue weighted by atomic mass is 16.6. The number of amides is 2. The van der Waals surface area contributed by atoms with Crippen molar-refractivity contribution >= 4 is 12.0 Å². The van der Waals surface area contributed by atoms with E-state index in [1.807, 2.05) is 51.1 Å². The van der Waals surface area contributed by atoms with Crippen molar-refractivity contribution in [2.45, 2.75) is 44.6 Å². The summed E-state index contributed by atoms with van der Waals surface area (Å²) < 4.78 is 5.13. The standard InChI is InChI=1S/C17H24N2O3/c1-16(2,3)22-15(21)19-12-11-18-14(20)17(9-10-17)13-7-5-4-6-8-13/h4-8H,9-12H2,1-3H3,(H,18,20)(H,19,21). The van der Waals surface area contributed by atoms with E-state index >= 15 is 0 Å². The van der Waals surface area contributed by atoms with Gasteiger partial charge in [0.15, 0.2) is 0 Å². The van der Waals surface area contributed by atoms with E-state index in [-0.39, 0.29) is 11.3 Å². The lowest BCUT2D eigenvalue weighted by molar-refractivity contribution is -0.123. The molecule has 0 bridgehead atoms. The van der Waals surface area contributed by atoms with Crippen molar-refractivity contribution in [2.75, 3.05) is 13.1 Å². The molecule has 1 aliphatic carbocycles. The molecule has 0 aliphatic heterocycles. The lowest BCUT2D eigenvalue weighted by atomic mass is 9.95. The minimum Gasteiger partial charge on any atom is -0.444 e. The van der Waals surface area contributed by atoms with Crippen molar-refractivity contribution < 1.29 is 14.3 Å². The Morgan fingerprint density at radius 2 is 1.68 bits per heavy atom. The summed E-state index contributed by atoms with van der Waals surface area (Å²) in [7, 11) is 0. The third-order valence-corrected chi connectivity index (χ3v) is 3.59. The van der Waals surface area contributed by atoms with E-state index < -0.39 is 11.7 Å². The van der Waals surface area contributed by atoms with E-state index in [1.165, 1.54) is 0 Å². The summed E-state index contributed by atoms with van der Waals surface area (Å²) in [6.45, 7) is 6.18. The Morgan fingerprint density at radius 3 is 2.23 bits per heavy atom. The van der Waals surface area contributed by atoms with Crippen LogP contribution in [0.2, 0.25) is 0 Å². The summed E-state index contributed by atoms with van der Waals surface area (Å²) >= 11 is 0. The lowest BCUT2D eigenvalue weighted by Gasteiger charge is -2.20. The fourth-order valence-electron chi connectivity index (χ4n) is 2.35. The van der Waals surface area contributed by atoms with E-state index in [9.17, 15) is 9.59 Å². The summed E-state index contributed by atoms with van der Waals surface area (Å²) in [5.41, 5.74) is 0.180. The zero-order valence-electron chi connectivity index (χ0n) is 13.4. The Balaban J connectivity index is 1.74. The van der Waals surface area contributed by atoms with E-state index in [0.29, 0.717) is 13.1 Å². The molecule has 5 nitrogen and oxygen atoms in total. The second-order valence-electron chi connectivity index (χ2n) is 6.63. The molecule has 5 heteroatoms. The Morgan fingerprint density at radius 1 is 1.09 bits per heavy atom. The summed E-state index contributed by atoms with van der Waals surface area (Å²) in [4.78, 5) is 23.8. The Bertz CT molecular complexity index is 531. The molecular weight excluding hydrogens is 280 g/mol. The molecule has 1 aromatic carbocycles. The van der Waals surface area contributed by atoms with Gasteiger partial charge in [-0.3, -0.25) is 4.79 Å². The minimum atomic E-state index is -0.515. The van der Waals surface area contributed by atoms with Crippen LogP contribution in [0, 0.1) is 0 Å². The zero-order valence-corrected chi connectivity index (χ0v) is 13.4. The molecule has 0 spiro atoms. The van der Waals surface area contributed by atoms with Crippen molar-refractivity contribution in [3.05, 3.63) is 35.9 Å². The first-order valence-corrected chi connectivity index (χ1v) is 7.64. The van der Waals surface area contributed by atoms with Gasteiger partial charge >= 0.3 is 6.09 Å². The third-order valence-electron chi connectivity index (χ3n) is 3.59. The maximum Gasteiger partial charge on any atom is 0.407 e. The molecule has 0 unspecified atom stereocenters. The molecule has 0 saturated heterocycles. The second kappa shape index (κ2) is 6.38. The topological polar surface area (TPSA) is 67.4 Å². The second-order valence-corrected chi connectivity index (χ2v) is 6.63. The van der Waals surface area contributed by atoms with E-state index in [1.54, 1.807) is 0 Å². The third kappa shape index (κ3) is 4.23. The molecule has 2 rings (SSSR count). The average Bonchev–Trinajstić information content (AvgIpc) is 3.24. The molecule has 1 aliphatic rings. The molecule has 0 radical (unpaired) electrons. The van der Waals surface area contributed by atoms with Crippen LogP contribution in [-0.2, 0) is 14.9 Å². The SMILES string of the molecule is CC(C)(C)OC(=O)NCCNC(=O)C1(c2ccccc2)CC1. The van der Waals surface area contributed by atoms with Gasteiger partial charge < -0.3 is 15.4 Å². The molecule has 22 heavy (non-hydrogen) atoms. The van der Waals surface area contributed by atoms with Gasteiger partial charge in [0.1, 0.15) is 5.60 Å². The van der Waals surface area contributed by atoms with Crippen molar-refractivity contribution in [3.63, 3.8) is 0 Å². The molecule has 0 aromatic heterocycles. The molecule has 1 saturated carbocycles. The molecule has 2 N–H and O–H groups in total. The van der Waals surface area contributed by atoms with E-state index in [4.69, 9.17) is 4.74 Å². The van der Waals surface area contributed by atoms with Gasteiger partial charge in [-0.25, -0.2) is 4.79 Å². The maximum absolute atomic E-state index is 12.3. The molecular formula is C17H24N2O3. The maximum atomic E-state index is 12.3. The van der Waals surface area contributed by atoms with Crippen molar-refractivity contribution in [2.24, 2.45) is 0 Å². The monoisotopic (exact) mass is 304 g/mol. The highest BCUT2D eigenvalue weighted by molar-refractivity contribution is 5.91. The van der Waals surface area contributed by atoms with Crippen LogP contribution in [0.5, 0.6) is 0 Å². The molecule has 2 amide bonds. The Labute approximate surface area is 131 Å². The van der Waals surface area contributed by atoms with Crippen LogP contribution in [0.25, 0.3) is 0 Å². The number of rotatable bonds is 5. The number of carbonyl (C=O) groups excluding carboxylic acids is 2. The highest BCUT2D eigenvalue weighted by Crippen LogP contribution is 2.48. The minimum absolute atomic E-state index is 0.0321. The Kier molecular flexibility index (Phi) is 4.74. The first-order valence-electron chi connectivity index (χ1n) is 7.64. The number of ether oxygens (including phenoxy) is 1. The largest absolute Gasteiger partial charge is 0.444 e. The van der Waals surface area contributed by atoms with E-state index in [0.717, 1.165) is 18.4 Å². The summed E-state index contributed by atoms with van der Waals surface area (Å²) in [5.74, 6) is 0.0321. The zero-order chi connectivity index (χ0) is 16.2. The van der Waals surface area contributed by atoms with Crippen LogP contribution >= 0.6 is 0 Å². The predicted octanol–water partition coefficient (Wildman–Crippen LogP) is 2.36. The fraction of sp³-hybridized carbons (Fsp3) is 0.529. The number of carbonyl (C=O) groups is 2. The van der Waals surface area contributed by atoms with Crippen LogP contribution in [0.15, 0.2) is 30.3 Å². The van der Waals surface area contributed by atoms with Crippen LogP contribution in [-0.4, -0.2) is 30.7 Å². The quantitative estimate of drug-likeness (QED) is 0.821. The summed E-state index contributed by atoms with van der Waals surface area (Å²) in [6.07, 6.45) is 1.29. The van der Waals surface area contributed by atoms with Crippen molar-refractivity contribution in [3.8, 4) is 0 Å². The van der Waals surface area contributed by atoms with E-state index in [2.05, 4.69) is 10.6 Å². The van der Waals surface area contributed by atoms with Gasteiger partial charge in [-0.15, -0.1) is 0 Å². The average molecular weight is 304 g/mol. The number of nitrogens with one attached hydrogen (secondary N) is 2. The van der Waals surface area contributed by atoms with Gasteiger partial charge in [0.25, 0.3) is 0 Å². The summed E-state index contributed by atoms with van der Waals surface area (Å²) in [6, 6.07) is 9.83. The Hall–Kier alpha value is -2.04. The smallest absolute Gasteiger partial charge is 0.407 e. The normalized spacial score (nSPS) is 15.8. The molecule has 120 valence electrons.